The Morgan fingerprint density at radius 1 is 1.35 bits per heavy atom. The van der Waals surface area contributed by atoms with Crippen LogP contribution in [-0.2, 0) is 16.1 Å². The fourth-order valence-electron chi connectivity index (χ4n) is 1.35. The van der Waals surface area contributed by atoms with Gasteiger partial charge >= 0.3 is 0 Å². The lowest BCUT2D eigenvalue weighted by molar-refractivity contribution is -0.167. The Balaban J connectivity index is 2.59. The predicted octanol–water partition coefficient (Wildman–Crippen LogP) is 2.75. The normalized spacial score (nSPS) is 10.6. The van der Waals surface area contributed by atoms with Gasteiger partial charge in [-0.05, 0) is 17.7 Å². The van der Waals surface area contributed by atoms with Crippen molar-refractivity contribution in [3.8, 4) is 0 Å². The Bertz CT molecular complexity index is 362. The molecule has 3 nitrogen and oxygen atoms in total. The molecule has 0 fully saturated rings. The molecule has 1 aromatic rings. The topological polar surface area (TPSA) is 29.5 Å². The molecular weight excluding hydrogens is 234 g/mol. The standard InChI is InChI=1S/C13H19NO2S/c1-10(2)17-12-7-5-11(6-8-12)9-13(15)14(3)16-4/h5-8,10H,9H2,1-4H3. The number of carbonyl (C=O) groups is 1. The zero-order valence-corrected chi connectivity index (χ0v) is 11.6. The van der Waals surface area contributed by atoms with E-state index in [4.69, 9.17) is 4.84 Å². The predicted molar refractivity (Wildman–Crippen MR) is 70.9 cm³/mol. The largest absolute Gasteiger partial charge is 0.275 e. The van der Waals surface area contributed by atoms with Gasteiger partial charge in [0.1, 0.15) is 0 Å². The minimum Gasteiger partial charge on any atom is -0.275 e. The van der Waals surface area contributed by atoms with Crippen LogP contribution in [0.4, 0.5) is 0 Å². The van der Waals surface area contributed by atoms with Crippen LogP contribution < -0.4 is 0 Å². The van der Waals surface area contributed by atoms with Gasteiger partial charge in [0.05, 0.1) is 13.5 Å². The smallest absolute Gasteiger partial charge is 0.250 e. The molecular formula is C13H19NO2S. The fourth-order valence-corrected chi connectivity index (χ4v) is 2.18. The molecule has 0 aliphatic rings. The first-order chi connectivity index (χ1) is 8.02. The molecule has 0 atom stereocenters. The summed E-state index contributed by atoms with van der Waals surface area (Å²) in [4.78, 5) is 17.7. The van der Waals surface area contributed by atoms with Crippen molar-refractivity contribution >= 4 is 17.7 Å². The first-order valence-electron chi connectivity index (χ1n) is 5.59. The molecule has 0 unspecified atom stereocenters. The van der Waals surface area contributed by atoms with E-state index in [1.54, 1.807) is 7.05 Å². The third kappa shape index (κ3) is 4.79. The van der Waals surface area contributed by atoms with Gasteiger partial charge in [0, 0.05) is 17.2 Å². The van der Waals surface area contributed by atoms with Gasteiger partial charge in [-0.25, -0.2) is 5.06 Å². The Morgan fingerprint density at radius 2 is 1.94 bits per heavy atom. The highest BCUT2D eigenvalue weighted by Gasteiger charge is 2.08. The van der Waals surface area contributed by atoms with E-state index in [0.717, 1.165) is 5.56 Å². The van der Waals surface area contributed by atoms with Gasteiger partial charge in [0.15, 0.2) is 0 Å². The average Bonchev–Trinajstić information content (AvgIpc) is 2.30. The van der Waals surface area contributed by atoms with Crippen molar-refractivity contribution in [1.82, 2.24) is 5.06 Å². The van der Waals surface area contributed by atoms with Crippen molar-refractivity contribution in [1.29, 1.82) is 0 Å². The van der Waals surface area contributed by atoms with Gasteiger partial charge in [0.2, 0.25) is 5.91 Å². The summed E-state index contributed by atoms with van der Waals surface area (Å²) in [5.74, 6) is -0.0447. The van der Waals surface area contributed by atoms with Crippen molar-refractivity contribution in [2.45, 2.75) is 30.4 Å². The van der Waals surface area contributed by atoms with Gasteiger partial charge in [-0.2, -0.15) is 0 Å². The van der Waals surface area contributed by atoms with Crippen molar-refractivity contribution in [2.75, 3.05) is 14.2 Å². The Hall–Kier alpha value is -1.00. The van der Waals surface area contributed by atoms with E-state index in [-0.39, 0.29) is 5.91 Å². The Labute approximate surface area is 107 Å². The number of hydrogen-bond acceptors (Lipinski definition) is 3. The van der Waals surface area contributed by atoms with E-state index in [0.29, 0.717) is 11.7 Å². The molecule has 1 aromatic carbocycles. The summed E-state index contributed by atoms with van der Waals surface area (Å²) >= 11 is 1.82. The van der Waals surface area contributed by atoms with Crippen LogP contribution in [-0.4, -0.2) is 30.4 Å². The minimum atomic E-state index is -0.0447. The SMILES string of the molecule is CON(C)C(=O)Cc1ccc(SC(C)C)cc1. The lowest BCUT2D eigenvalue weighted by Crippen LogP contribution is -2.26. The number of carbonyl (C=O) groups excluding carboxylic acids is 1. The second kappa shape index (κ2) is 6.67. The molecule has 0 N–H and O–H groups in total. The first kappa shape index (κ1) is 14.1. The zero-order chi connectivity index (χ0) is 12.8. The van der Waals surface area contributed by atoms with Gasteiger partial charge in [-0.1, -0.05) is 26.0 Å². The van der Waals surface area contributed by atoms with Crippen molar-refractivity contribution in [3.63, 3.8) is 0 Å². The first-order valence-corrected chi connectivity index (χ1v) is 6.47. The van der Waals surface area contributed by atoms with Crippen LogP contribution >= 0.6 is 11.8 Å². The summed E-state index contributed by atoms with van der Waals surface area (Å²) in [5.41, 5.74) is 1.01. The van der Waals surface area contributed by atoms with Crippen molar-refractivity contribution < 1.29 is 9.63 Å². The summed E-state index contributed by atoms with van der Waals surface area (Å²) in [7, 11) is 3.10. The molecule has 0 spiro atoms. The molecule has 0 saturated carbocycles. The van der Waals surface area contributed by atoms with Crippen molar-refractivity contribution in [2.24, 2.45) is 0 Å². The van der Waals surface area contributed by atoms with Gasteiger partial charge in [0.25, 0.3) is 0 Å². The zero-order valence-electron chi connectivity index (χ0n) is 10.8. The summed E-state index contributed by atoms with van der Waals surface area (Å²) in [6.45, 7) is 4.32. The molecule has 0 heterocycles. The molecule has 0 aliphatic carbocycles. The van der Waals surface area contributed by atoms with Gasteiger partial charge in [-0.15, -0.1) is 11.8 Å². The minimum absolute atomic E-state index is 0.0447. The maximum Gasteiger partial charge on any atom is 0.250 e. The van der Waals surface area contributed by atoms with Crippen LogP contribution in [0, 0.1) is 0 Å². The van der Waals surface area contributed by atoms with Crippen LogP contribution in [0.1, 0.15) is 19.4 Å². The number of rotatable bonds is 5. The number of hydrogen-bond donors (Lipinski definition) is 0. The third-order valence-electron chi connectivity index (χ3n) is 2.28. The van der Waals surface area contributed by atoms with Gasteiger partial charge in [-0.3, -0.25) is 9.63 Å². The molecule has 0 aliphatic heterocycles. The molecule has 0 bridgehead atoms. The molecule has 0 radical (unpaired) electrons. The number of hydroxylamine groups is 2. The number of likely N-dealkylation sites (N-methyl/N-ethyl adjacent to an activating group) is 1. The third-order valence-corrected chi connectivity index (χ3v) is 3.29. The molecule has 1 rings (SSSR count). The van der Waals surface area contributed by atoms with E-state index in [1.807, 2.05) is 23.9 Å². The summed E-state index contributed by atoms with van der Waals surface area (Å²) in [6.07, 6.45) is 0.372. The van der Waals surface area contributed by atoms with E-state index in [1.165, 1.54) is 17.1 Å². The van der Waals surface area contributed by atoms with Crippen molar-refractivity contribution in [3.05, 3.63) is 29.8 Å². The number of thioether (sulfide) groups is 1. The summed E-state index contributed by atoms with van der Waals surface area (Å²) in [5, 5.41) is 1.82. The van der Waals surface area contributed by atoms with E-state index < -0.39 is 0 Å². The molecule has 0 aromatic heterocycles. The molecule has 0 saturated heterocycles. The van der Waals surface area contributed by atoms with E-state index in [2.05, 4.69) is 26.0 Å². The second-order valence-corrected chi connectivity index (χ2v) is 5.71. The Morgan fingerprint density at radius 3 is 2.41 bits per heavy atom. The summed E-state index contributed by atoms with van der Waals surface area (Å²) in [6, 6.07) is 8.10. The molecule has 94 valence electrons. The summed E-state index contributed by atoms with van der Waals surface area (Å²) < 4.78 is 0. The van der Waals surface area contributed by atoms with Gasteiger partial charge < -0.3 is 0 Å². The number of benzene rings is 1. The second-order valence-electron chi connectivity index (χ2n) is 4.06. The quantitative estimate of drug-likeness (QED) is 0.597. The Kier molecular flexibility index (Phi) is 5.51. The highest BCUT2D eigenvalue weighted by atomic mass is 32.2. The highest BCUT2D eigenvalue weighted by molar-refractivity contribution is 7.99. The number of amides is 1. The maximum atomic E-state index is 11.6. The van der Waals surface area contributed by atoms with Crippen LogP contribution in [0.3, 0.4) is 0 Å². The van der Waals surface area contributed by atoms with Crippen LogP contribution in [0.25, 0.3) is 0 Å². The molecule has 17 heavy (non-hydrogen) atoms. The lowest BCUT2D eigenvalue weighted by atomic mass is 10.1. The van der Waals surface area contributed by atoms with Crippen LogP contribution in [0.2, 0.25) is 0 Å². The maximum absolute atomic E-state index is 11.6. The molecule has 4 heteroatoms. The fraction of sp³-hybridized carbons (Fsp3) is 0.462. The average molecular weight is 253 g/mol. The lowest BCUT2D eigenvalue weighted by Gasteiger charge is -2.13. The van der Waals surface area contributed by atoms with E-state index in [9.17, 15) is 4.79 Å². The molecule has 1 amide bonds. The van der Waals surface area contributed by atoms with Crippen LogP contribution in [0.15, 0.2) is 29.2 Å². The highest BCUT2D eigenvalue weighted by Crippen LogP contribution is 2.23. The van der Waals surface area contributed by atoms with Crippen LogP contribution in [0.5, 0.6) is 0 Å². The number of nitrogens with zero attached hydrogens (tertiary/aromatic N) is 1. The monoisotopic (exact) mass is 253 g/mol. The van der Waals surface area contributed by atoms with E-state index >= 15 is 0 Å².